The van der Waals surface area contributed by atoms with Crippen LogP contribution in [0, 0.1) is 5.41 Å². The first-order valence-corrected chi connectivity index (χ1v) is 9.17. The van der Waals surface area contributed by atoms with E-state index in [0.29, 0.717) is 11.2 Å². The normalized spacial score (nSPS) is 33.2. The molecule has 0 atom stereocenters. The molecule has 0 bridgehead atoms. The van der Waals surface area contributed by atoms with Crippen molar-refractivity contribution in [2.45, 2.75) is 81.7 Å². The molecule has 1 aromatic carbocycles. The Hall–Kier alpha value is -0.585. The van der Waals surface area contributed by atoms with Gasteiger partial charge in [0.05, 0.1) is 23.5 Å². The smallest absolute Gasteiger partial charge is 0.0774 e. The highest BCUT2D eigenvalue weighted by molar-refractivity contribution is 6.17. The topological polar surface area (TPSA) is 0 Å². The second kappa shape index (κ2) is 6.05. The fraction of sp³-hybridized carbons (Fsp3) is 0.700. The first kappa shape index (κ1) is 17.2. The minimum atomic E-state index is -0.204. The molecule has 0 aliphatic heterocycles. The number of hydrogen-bond acceptors (Lipinski definition) is 0. The molecule has 23 heavy (non-hydrogen) atoms. The lowest BCUT2D eigenvalue weighted by Crippen LogP contribution is -2.35. The van der Waals surface area contributed by atoms with Gasteiger partial charge in [-0.2, -0.15) is 0 Å². The lowest BCUT2D eigenvalue weighted by Gasteiger charge is -2.43. The third-order valence-electron chi connectivity index (χ3n) is 6.45. The first-order valence-electron chi connectivity index (χ1n) is 9.17. The van der Waals surface area contributed by atoms with Gasteiger partial charge in [-0.05, 0) is 28.9 Å². The Morgan fingerprint density at radius 2 is 1.13 bits per heavy atom. The van der Waals surface area contributed by atoms with Gasteiger partial charge in [0.1, 0.15) is 0 Å². The predicted octanol–water partition coefficient (Wildman–Crippen LogP) is 4.55. The van der Waals surface area contributed by atoms with E-state index in [4.69, 9.17) is 23.5 Å². The summed E-state index contributed by atoms with van der Waals surface area (Å²) in [6.07, 6.45) is 8.55. The van der Waals surface area contributed by atoms with Gasteiger partial charge < -0.3 is 0 Å². The van der Waals surface area contributed by atoms with Crippen molar-refractivity contribution >= 4 is 23.5 Å². The molecule has 2 saturated carbocycles. The fourth-order valence-electron chi connectivity index (χ4n) is 4.24. The molecule has 1 aromatic rings. The summed E-state index contributed by atoms with van der Waals surface area (Å²) in [5.41, 5.74) is 2.95. The quantitative estimate of drug-likeness (QED) is 0.703. The summed E-state index contributed by atoms with van der Waals surface area (Å²) in [6, 6.07) is 8.86. The summed E-state index contributed by atoms with van der Waals surface area (Å²) in [4.78, 5) is 0. The summed E-state index contributed by atoms with van der Waals surface area (Å²) in [5.74, 6) is 0.323. The molecular formula is C20H27B3. The molecule has 0 spiro atoms. The minimum absolute atomic E-state index is 0.162. The van der Waals surface area contributed by atoms with E-state index >= 15 is 0 Å². The van der Waals surface area contributed by atoms with Gasteiger partial charge in [0, 0.05) is 0 Å². The van der Waals surface area contributed by atoms with E-state index in [0.717, 1.165) is 38.5 Å². The van der Waals surface area contributed by atoms with E-state index in [1.54, 1.807) is 0 Å². The first-order chi connectivity index (χ1) is 10.7. The van der Waals surface area contributed by atoms with Gasteiger partial charge >= 0.3 is 0 Å². The van der Waals surface area contributed by atoms with Crippen LogP contribution in [0.1, 0.15) is 76.3 Å². The van der Waals surface area contributed by atoms with Crippen LogP contribution in [-0.4, -0.2) is 23.5 Å². The molecule has 3 rings (SSSR count). The van der Waals surface area contributed by atoms with Gasteiger partial charge in [-0.25, -0.2) is 0 Å². The van der Waals surface area contributed by atoms with Crippen molar-refractivity contribution in [2.75, 3.05) is 0 Å². The van der Waals surface area contributed by atoms with Gasteiger partial charge in [0.2, 0.25) is 0 Å². The van der Waals surface area contributed by atoms with E-state index in [2.05, 4.69) is 38.1 Å². The minimum Gasteiger partial charge on any atom is -0.0774 e. The van der Waals surface area contributed by atoms with Crippen LogP contribution in [0.3, 0.4) is 0 Å². The van der Waals surface area contributed by atoms with Gasteiger partial charge in [-0.3, -0.25) is 0 Å². The molecule has 0 amide bonds. The maximum Gasteiger partial charge on any atom is 0.0810 e. The molecule has 6 radical (unpaired) electrons. The maximum absolute atomic E-state index is 6.73. The van der Waals surface area contributed by atoms with Crippen LogP contribution in [0.2, 0.25) is 5.82 Å². The van der Waals surface area contributed by atoms with Crippen molar-refractivity contribution in [2.24, 2.45) is 5.41 Å². The lowest BCUT2D eigenvalue weighted by molar-refractivity contribution is 0.206. The molecule has 0 saturated heterocycles. The zero-order chi connectivity index (χ0) is 16.7. The molecule has 0 N–H and O–H groups in total. The third-order valence-corrected chi connectivity index (χ3v) is 6.45. The molecule has 116 valence electrons. The van der Waals surface area contributed by atoms with Crippen molar-refractivity contribution in [3.05, 3.63) is 35.4 Å². The summed E-state index contributed by atoms with van der Waals surface area (Å²) >= 11 is 0. The van der Waals surface area contributed by atoms with Gasteiger partial charge in [-0.15, -0.1) is 0 Å². The average molecular weight is 300 g/mol. The second-order valence-corrected chi connectivity index (χ2v) is 8.89. The predicted molar refractivity (Wildman–Crippen MR) is 102 cm³/mol. The van der Waals surface area contributed by atoms with Crippen molar-refractivity contribution < 1.29 is 0 Å². The van der Waals surface area contributed by atoms with Gasteiger partial charge in [0.15, 0.2) is 0 Å². The largest absolute Gasteiger partial charge is 0.0810 e. The molecule has 3 heteroatoms. The summed E-state index contributed by atoms with van der Waals surface area (Å²) in [5, 5.41) is -0.366. The van der Waals surface area contributed by atoms with Crippen LogP contribution in [0.5, 0.6) is 0 Å². The molecular weight excluding hydrogens is 273 g/mol. The van der Waals surface area contributed by atoms with E-state index in [9.17, 15) is 0 Å². The Morgan fingerprint density at radius 3 is 1.57 bits per heavy atom. The standard InChI is InChI=1S/C20H27B3/c1-18(2)11-13-20(23,14-12-18)16-5-3-15(4-6-16)19(22)9-7-17(21)8-10-19/h3-6,17H,7-14H2,1-2H3. The van der Waals surface area contributed by atoms with Gasteiger partial charge in [0.25, 0.3) is 0 Å². The Morgan fingerprint density at radius 1 is 0.739 bits per heavy atom. The SMILES string of the molecule is [B]C1CCC([B])(c2ccc(C3([B])CCC(C)(C)CC3)cc2)CC1. The number of hydrogen-bond donors (Lipinski definition) is 0. The van der Waals surface area contributed by atoms with Crippen molar-refractivity contribution in [1.29, 1.82) is 0 Å². The molecule has 2 aliphatic carbocycles. The van der Waals surface area contributed by atoms with Crippen LogP contribution in [0.15, 0.2) is 24.3 Å². The van der Waals surface area contributed by atoms with E-state index in [-0.39, 0.29) is 10.6 Å². The van der Waals surface area contributed by atoms with Crippen LogP contribution in [-0.2, 0) is 10.6 Å². The van der Waals surface area contributed by atoms with Crippen LogP contribution >= 0.6 is 0 Å². The highest BCUT2D eigenvalue weighted by atomic mass is 14.4. The lowest BCUT2D eigenvalue weighted by atomic mass is 9.51. The highest BCUT2D eigenvalue weighted by Crippen LogP contribution is 2.46. The Labute approximate surface area is 146 Å². The highest BCUT2D eigenvalue weighted by Gasteiger charge is 2.36. The van der Waals surface area contributed by atoms with Crippen LogP contribution < -0.4 is 0 Å². The van der Waals surface area contributed by atoms with Crippen LogP contribution in [0.25, 0.3) is 0 Å². The molecule has 0 heterocycles. The summed E-state index contributed by atoms with van der Waals surface area (Å²) < 4.78 is 0. The van der Waals surface area contributed by atoms with E-state index in [1.807, 2.05) is 0 Å². The Bertz CT molecular complexity index is 529. The molecule has 0 unspecified atom stereocenters. The molecule has 0 aromatic heterocycles. The second-order valence-electron chi connectivity index (χ2n) is 8.89. The Balaban J connectivity index is 1.75. The molecule has 2 aliphatic rings. The maximum atomic E-state index is 6.73. The fourth-order valence-corrected chi connectivity index (χ4v) is 4.24. The van der Waals surface area contributed by atoms with Crippen molar-refractivity contribution in [1.82, 2.24) is 0 Å². The zero-order valence-electron chi connectivity index (χ0n) is 14.8. The van der Waals surface area contributed by atoms with Crippen molar-refractivity contribution in [3.8, 4) is 0 Å². The zero-order valence-corrected chi connectivity index (χ0v) is 14.8. The van der Waals surface area contributed by atoms with Gasteiger partial charge in [-0.1, -0.05) is 93.6 Å². The third kappa shape index (κ3) is 3.59. The van der Waals surface area contributed by atoms with E-state index in [1.165, 1.54) is 24.0 Å². The van der Waals surface area contributed by atoms with E-state index < -0.39 is 0 Å². The number of rotatable bonds is 2. The molecule has 0 nitrogen and oxygen atoms in total. The summed E-state index contributed by atoms with van der Waals surface area (Å²) in [7, 11) is 19.4. The Kier molecular flexibility index (Phi) is 4.53. The van der Waals surface area contributed by atoms with Crippen LogP contribution in [0.4, 0.5) is 0 Å². The average Bonchev–Trinajstić information content (AvgIpc) is 2.54. The summed E-state index contributed by atoms with van der Waals surface area (Å²) in [6.45, 7) is 4.70. The van der Waals surface area contributed by atoms with Crippen molar-refractivity contribution in [3.63, 3.8) is 0 Å². The molecule has 2 fully saturated rings. The monoisotopic (exact) mass is 300 g/mol. The number of benzene rings is 1.